The zero-order valence-electron chi connectivity index (χ0n) is 19.9. The lowest BCUT2D eigenvalue weighted by Gasteiger charge is -2.29. The number of rotatable bonds is 9. The van der Waals surface area contributed by atoms with Crippen LogP contribution in [0.3, 0.4) is 0 Å². The average molecular weight is 470 g/mol. The number of para-hydroxylation sites is 1. The first-order chi connectivity index (χ1) is 17.1. The van der Waals surface area contributed by atoms with Crippen molar-refractivity contribution in [3.63, 3.8) is 0 Å². The van der Waals surface area contributed by atoms with Crippen LogP contribution in [-0.4, -0.2) is 37.3 Å². The molecule has 7 nitrogen and oxygen atoms in total. The third-order valence-corrected chi connectivity index (χ3v) is 6.93. The van der Waals surface area contributed by atoms with Crippen molar-refractivity contribution in [2.75, 3.05) is 6.54 Å². The first kappa shape index (κ1) is 23.1. The van der Waals surface area contributed by atoms with Gasteiger partial charge in [0.1, 0.15) is 0 Å². The maximum absolute atomic E-state index is 11.3. The van der Waals surface area contributed by atoms with Crippen molar-refractivity contribution in [3.8, 4) is 0 Å². The second-order valence-corrected chi connectivity index (χ2v) is 9.11. The number of hydroxylamine groups is 1. The molecule has 0 fully saturated rings. The minimum absolute atomic E-state index is 0.332. The highest BCUT2D eigenvalue weighted by Crippen LogP contribution is 2.37. The lowest BCUT2D eigenvalue weighted by molar-refractivity contribution is -0.124. The number of nitrogens with zero attached hydrogens (tertiary/aromatic N) is 3. The number of amides is 1. The van der Waals surface area contributed by atoms with Crippen LogP contribution in [-0.2, 0) is 30.7 Å². The van der Waals surface area contributed by atoms with Crippen LogP contribution in [0, 0.1) is 0 Å². The summed E-state index contributed by atoms with van der Waals surface area (Å²) in [5, 5.41) is 14.5. The molecule has 1 aliphatic carbocycles. The van der Waals surface area contributed by atoms with Crippen LogP contribution in [0.5, 0.6) is 0 Å². The average Bonchev–Trinajstić information content (AvgIpc) is 3.63. The fourth-order valence-electron chi connectivity index (χ4n) is 5.15. The molecule has 2 heterocycles. The van der Waals surface area contributed by atoms with Crippen molar-refractivity contribution >= 4 is 22.9 Å². The quantitative estimate of drug-likeness (QED) is 0.189. The maximum atomic E-state index is 11.3. The molecule has 0 radical (unpaired) electrons. The minimum atomic E-state index is -0.528. The Kier molecular flexibility index (Phi) is 6.79. The Hall–Kier alpha value is -3.68. The summed E-state index contributed by atoms with van der Waals surface area (Å²) >= 11 is 0. The van der Waals surface area contributed by atoms with Gasteiger partial charge >= 0.3 is 0 Å². The van der Waals surface area contributed by atoms with Crippen LogP contribution < -0.4 is 5.48 Å². The fourth-order valence-corrected chi connectivity index (χ4v) is 5.15. The van der Waals surface area contributed by atoms with Crippen LogP contribution in [0.2, 0.25) is 0 Å². The largest absolute Gasteiger partial charge is 0.361 e. The van der Waals surface area contributed by atoms with E-state index in [4.69, 9.17) is 5.21 Å². The zero-order valence-corrected chi connectivity index (χ0v) is 19.9. The summed E-state index contributed by atoms with van der Waals surface area (Å²) in [5.41, 5.74) is 9.03. The molecule has 3 N–H and O–H groups in total. The summed E-state index contributed by atoms with van der Waals surface area (Å²) in [7, 11) is 0. The minimum Gasteiger partial charge on any atom is -0.361 e. The molecular formula is C28H31N5O2. The Labute approximate surface area is 205 Å². The second-order valence-electron chi connectivity index (χ2n) is 9.11. The van der Waals surface area contributed by atoms with E-state index in [1.807, 2.05) is 16.9 Å². The van der Waals surface area contributed by atoms with E-state index in [9.17, 15) is 4.79 Å². The van der Waals surface area contributed by atoms with Crippen molar-refractivity contribution in [1.29, 1.82) is 0 Å². The fraction of sp³-hybridized carbons (Fsp3) is 0.286. The molecule has 1 unspecified atom stereocenters. The number of nitrogens with one attached hydrogen (secondary N) is 2. The van der Waals surface area contributed by atoms with Gasteiger partial charge in [0.15, 0.2) is 0 Å². The smallest absolute Gasteiger partial charge is 0.267 e. The normalized spacial score (nSPS) is 15.3. The molecule has 2 aromatic heterocycles. The van der Waals surface area contributed by atoms with Crippen LogP contribution >= 0.6 is 0 Å². The molecule has 0 spiro atoms. The lowest BCUT2D eigenvalue weighted by Crippen LogP contribution is -2.29. The van der Waals surface area contributed by atoms with E-state index in [-0.39, 0.29) is 0 Å². The van der Waals surface area contributed by atoms with Crippen molar-refractivity contribution in [2.45, 2.75) is 45.3 Å². The topological polar surface area (TPSA) is 86.2 Å². The Morgan fingerprint density at radius 2 is 2.20 bits per heavy atom. The van der Waals surface area contributed by atoms with Gasteiger partial charge in [0.25, 0.3) is 5.91 Å². The van der Waals surface area contributed by atoms with Gasteiger partial charge in [0.05, 0.1) is 6.20 Å². The van der Waals surface area contributed by atoms with E-state index in [1.54, 1.807) is 11.6 Å². The number of fused-ring (bicyclic) bond motifs is 2. The predicted octanol–water partition coefficient (Wildman–Crippen LogP) is 4.64. The third-order valence-electron chi connectivity index (χ3n) is 6.93. The summed E-state index contributed by atoms with van der Waals surface area (Å²) < 4.78 is 1.98. The molecule has 1 amide bonds. The van der Waals surface area contributed by atoms with Crippen molar-refractivity contribution in [2.24, 2.45) is 0 Å². The van der Waals surface area contributed by atoms with E-state index in [2.05, 4.69) is 70.7 Å². The number of carbonyl (C=O) groups excluding carboxylic acids is 1. The number of hydrogen-bond acceptors (Lipinski definition) is 4. The van der Waals surface area contributed by atoms with Gasteiger partial charge in [-0.15, -0.1) is 0 Å². The highest BCUT2D eigenvalue weighted by molar-refractivity contribution is 5.90. The first-order valence-corrected chi connectivity index (χ1v) is 12.2. The zero-order chi connectivity index (χ0) is 24.2. The molecule has 1 atom stereocenters. The molecule has 7 heteroatoms. The molecule has 0 saturated heterocycles. The summed E-state index contributed by atoms with van der Waals surface area (Å²) in [4.78, 5) is 17.3. The first-order valence-electron chi connectivity index (χ1n) is 12.2. The molecule has 0 bridgehead atoms. The number of carbonyl (C=O) groups is 1. The Morgan fingerprint density at radius 1 is 1.31 bits per heavy atom. The number of benzene rings is 2. The molecule has 180 valence electrons. The molecule has 35 heavy (non-hydrogen) atoms. The Bertz CT molecular complexity index is 1350. The molecule has 2 aromatic carbocycles. The maximum Gasteiger partial charge on any atom is 0.267 e. The Balaban J connectivity index is 1.39. The highest BCUT2D eigenvalue weighted by Gasteiger charge is 2.28. The molecule has 0 aliphatic heterocycles. The molecular weight excluding hydrogens is 438 g/mol. The predicted molar refractivity (Wildman–Crippen MR) is 137 cm³/mol. The SMILES string of the molecule is CCn1cc(CN(CCc2c[nH]c3ccccc23)C2CCc3cc(C=CC(=O)NO)ccc32)cn1. The van der Waals surface area contributed by atoms with Gasteiger partial charge in [-0.25, -0.2) is 5.48 Å². The van der Waals surface area contributed by atoms with Crippen LogP contribution in [0.15, 0.2) is 67.1 Å². The van der Waals surface area contributed by atoms with Crippen molar-refractivity contribution < 1.29 is 10.0 Å². The summed E-state index contributed by atoms with van der Waals surface area (Å²) in [6.07, 6.45) is 12.4. The van der Waals surface area contributed by atoms with Gasteiger partial charge < -0.3 is 4.98 Å². The van der Waals surface area contributed by atoms with Gasteiger partial charge in [-0.2, -0.15) is 5.10 Å². The highest BCUT2D eigenvalue weighted by atomic mass is 16.5. The second kappa shape index (κ2) is 10.3. The third kappa shape index (κ3) is 5.06. The van der Waals surface area contributed by atoms with Crippen molar-refractivity contribution in [1.82, 2.24) is 25.1 Å². The van der Waals surface area contributed by atoms with E-state index in [0.29, 0.717) is 6.04 Å². The number of aromatic nitrogens is 3. The molecule has 4 aromatic rings. The molecule has 0 saturated carbocycles. The van der Waals surface area contributed by atoms with E-state index in [0.717, 1.165) is 44.5 Å². The van der Waals surface area contributed by atoms with Gasteiger partial charge in [-0.3, -0.25) is 19.6 Å². The van der Waals surface area contributed by atoms with Gasteiger partial charge in [-0.05, 0) is 60.6 Å². The van der Waals surface area contributed by atoms with Gasteiger partial charge in [0, 0.05) is 60.6 Å². The van der Waals surface area contributed by atoms with Gasteiger partial charge in [0.2, 0.25) is 0 Å². The number of aryl methyl sites for hydroxylation is 2. The number of aromatic amines is 1. The summed E-state index contributed by atoms with van der Waals surface area (Å²) in [5.74, 6) is -0.528. The van der Waals surface area contributed by atoms with E-state index < -0.39 is 5.91 Å². The van der Waals surface area contributed by atoms with Crippen LogP contribution in [0.25, 0.3) is 17.0 Å². The summed E-state index contributed by atoms with van der Waals surface area (Å²) in [6.45, 7) is 4.77. The number of hydrogen-bond donors (Lipinski definition) is 3. The summed E-state index contributed by atoms with van der Waals surface area (Å²) in [6, 6.07) is 15.2. The Morgan fingerprint density at radius 3 is 3.03 bits per heavy atom. The van der Waals surface area contributed by atoms with Crippen LogP contribution in [0.1, 0.15) is 47.2 Å². The molecule has 5 rings (SSSR count). The van der Waals surface area contributed by atoms with E-state index >= 15 is 0 Å². The molecule has 1 aliphatic rings. The monoisotopic (exact) mass is 469 g/mol. The number of H-pyrrole nitrogens is 1. The van der Waals surface area contributed by atoms with Crippen LogP contribution in [0.4, 0.5) is 0 Å². The lowest BCUT2D eigenvalue weighted by atomic mass is 10.0. The van der Waals surface area contributed by atoms with Gasteiger partial charge in [-0.1, -0.05) is 36.4 Å². The van der Waals surface area contributed by atoms with E-state index in [1.165, 1.54) is 39.2 Å². The van der Waals surface area contributed by atoms with Crippen molar-refractivity contribution in [3.05, 3.63) is 94.9 Å². The standard InChI is InChI=1S/C28H31N5O2/c1-2-33-19-21(16-30-33)18-32(14-13-23-17-29-26-6-4-3-5-24(23)26)27-11-9-22-15-20(7-10-25(22)27)8-12-28(34)31-35/h3-8,10,12,15-17,19,27,29,35H,2,9,11,13-14,18H2,1H3,(H,31,34).